The van der Waals surface area contributed by atoms with Crippen LogP contribution in [0.25, 0.3) is 0 Å². The number of rotatable bonds is 4. The van der Waals surface area contributed by atoms with E-state index in [-0.39, 0.29) is 5.56 Å². The summed E-state index contributed by atoms with van der Waals surface area (Å²) in [5.41, 5.74) is -0.0450. The first-order valence-corrected chi connectivity index (χ1v) is 6.69. The number of benzene rings is 1. The van der Waals surface area contributed by atoms with Gasteiger partial charge in [-0.05, 0) is 25.5 Å². The van der Waals surface area contributed by atoms with Crippen molar-refractivity contribution in [3.63, 3.8) is 0 Å². The van der Waals surface area contributed by atoms with Gasteiger partial charge in [0.15, 0.2) is 0 Å². The fourth-order valence-corrected chi connectivity index (χ4v) is 2.80. The molecule has 0 radical (unpaired) electrons. The van der Waals surface area contributed by atoms with Crippen molar-refractivity contribution in [2.45, 2.75) is 24.8 Å². The van der Waals surface area contributed by atoms with Crippen LogP contribution in [0.1, 0.15) is 12.5 Å². The van der Waals surface area contributed by atoms with Gasteiger partial charge in [0.2, 0.25) is 10.0 Å². The van der Waals surface area contributed by atoms with Gasteiger partial charge in [0.05, 0.1) is 0 Å². The first-order valence-electron chi connectivity index (χ1n) is 5.25. The monoisotopic (exact) mass is 293 g/mol. The second-order valence-corrected chi connectivity index (χ2v) is 6.03. The molecule has 0 amide bonds. The molecule has 19 heavy (non-hydrogen) atoms. The number of carboxylic acids is 1. The van der Waals surface area contributed by atoms with Gasteiger partial charge in [-0.3, -0.25) is 4.79 Å². The van der Waals surface area contributed by atoms with Crippen molar-refractivity contribution in [1.29, 1.82) is 0 Å². The lowest BCUT2D eigenvalue weighted by Gasteiger charge is -2.21. The largest absolute Gasteiger partial charge is 0.480 e. The molecule has 0 saturated carbocycles. The Morgan fingerprint density at radius 2 is 1.84 bits per heavy atom. The van der Waals surface area contributed by atoms with E-state index in [0.717, 1.165) is 20.0 Å². The van der Waals surface area contributed by atoms with E-state index in [2.05, 4.69) is 0 Å². The summed E-state index contributed by atoms with van der Waals surface area (Å²) >= 11 is 0. The molecule has 0 aromatic heterocycles. The summed E-state index contributed by atoms with van der Waals surface area (Å²) in [4.78, 5) is 10.0. The third-order valence-electron chi connectivity index (χ3n) is 2.77. The predicted octanol–water partition coefficient (Wildman–Crippen LogP) is 1.37. The molecule has 1 atom stereocenters. The van der Waals surface area contributed by atoms with Crippen molar-refractivity contribution in [1.82, 2.24) is 4.31 Å². The Morgan fingerprint density at radius 3 is 2.32 bits per heavy atom. The van der Waals surface area contributed by atoms with E-state index in [9.17, 15) is 22.0 Å². The lowest BCUT2D eigenvalue weighted by molar-refractivity contribution is -0.140. The van der Waals surface area contributed by atoms with Crippen LogP contribution in [0.15, 0.2) is 17.0 Å². The number of hydrogen-bond acceptors (Lipinski definition) is 3. The van der Waals surface area contributed by atoms with Crippen molar-refractivity contribution < 1.29 is 27.1 Å². The van der Waals surface area contributed by atoms with Crippen LogP contribution in [-0.2, 0) is 14.8 Å². The molecule has 1 aromatic carbocycles. The molecule has 0 fully saturated rings. The molecular formula is C11H13F2NO4S. The number of carboxylic acid groups (broad SMARTS) is 1. The standard InChI is InChI=1S/C11H13F2NO4S/c1-6-4-10(9(13)5-8(6)12)19(17,18)14(3)7(2)11(15)16/h4-5,7H,1-3H3,(H,15,16). The maximum absolute atomic E-state index is 13.6. The Kier molecular flexibility index (Phi) is 4.26. The minimum absolute atomic E-state index is 0.0450. The maximum atomic E-state index is 13.6. The smallest absolute Gasteiger partial charge is 0.321 e. The van der Waals surface area contributed by atoms with Crippen molar-refractivity contribution in [2.24, 2.45) is 0 Å². The van der Waals surface area contributed by atoms with E-state index >= 15 is 0 Å². The zero-order valence-corrected chi connectivity index (χ0v) is 11.3. The van der Waals surface area contributed by atoms with Crippen molar-refractivity contribution >= 4 is 16.0 Å². The highest BCUT2D eigenvalue weighted by molar-refractivity contribution is 7.89. The molecular weight excluding hydrogens is 280 g/mol. The van der Waals surface area contributed by atoms with Crippen LogP contribution in [-0.4, -0.2) is 36.9 Å². The van der Waals surface area contributed by atoms with Crippen LogP contribution in [0, 0.1) is 18.6 Å². The second kappa shape index (κ2) is 5.22. The Balaban J connectivity index is 3.36. The van der Waals surface area contributed by atoms with Crippen LogP contribution < -0.4 is 0 Å². The average molecular weight is 293 g/mol. The Morgan fingerprint density at radius 1 is 1.32 bits per heavy atom. The molecule has 5 nitrogen and oxygen atoms in total. The van der Waals surface area contributed by atoms with E-state index in [4.69, 9.17) is 5.11 Å². The zero-order valence-electron chi connectivity index (χ0n) is 10.5. The molecule has 1 aromatic rings. The highest BCUT2D eigenvalue weighted by Gasteiger charge is 2.32. The average Bonchev–Trinajstić information content (AvgIpc) is 2.31. The second-order valence-electron chi connectivity index (χ2n) is 4.07. The van der Waals surface area contributed by atoms with Gasteiger partial charge < -0.3 is 5.11 Å². The number of halogens is 2. The molecule has 0 aliphatic carbocycles. The zero-order chi connectivity index (χ0) is 15.0. The van der Waals surface area contributed by atoms with E-state index < -0.39 is 38.6 Å². The number of hydrogen-bond donors (Lipinski definition) is 1. The minimum Gasteiger partial charge on any atom is -0.480 e. The van der Waals surface area contributed by atoms with Gasteiger partial charge >= 0.3 is 5.97 Å². The number of nitrogens with zero attached hydrogens (tertiary/aromatic N) is 1. The van der Waals surface area contributed by atoms with Gasteiger partial charge in [0, 0.05) is 13.1 Å². The first kappa shape index (κ1) is 15.5. The van der Waals surface area contributed by atoms with Crippen LogP contribution >= 0.6 is 0 Å². The van der Waals surface area contributed by atoms with E-state index in [1.165, 1.54) is 6.92 Å². The van der Waals surface area contributed by atoms with Crippen LogP contribution in [0.5, 0.6) is 0 Å². The van der Waals surface area contributed by atoms with Gasteiger partial charge in [0.1, 0.15) is 22.6 Å². The van der Waals surface area contributed by atoms with Crippen molar-refractivity contribution in [3.05, 3.63) is 29.3 Å². The molecule has 0 heterocycles. The Bertz CT molecular complexity index is 615. The van der Waals surface area contributed by atoms with E-state index in [1.54, 1.807) is 0 Å². The topological polar surface area (TPSA) is 74.7 Å². The van der Waals surface area contributed by atoms with Crippen LogP contribution in [0.4, 0.5) is 8.78 Å². The molecule has 0 aliphatic rings. The number of sulfonamides is 1. The summed E-state index contributed by atoms with van der Waals surface area (Å²) < 4.78 is 51.3. The Hall–Kier alpha value is -1.54. The highest BCUT2D eigenvalue weighted by Crippen LogP contribution is 2.23. The van der Waals surface area contributed by atoms with Crippen molar-refractivity contribution in [3.8, 4) is 0 Å². The third-order valence-corrected chi connectivity index (χ3v) is 4.72. The quantitative estimate of drug-likeness (QED) is 0.909. The van der Waals surface area contributed by atoms with Crippen LogP contribution in [0.3, 0.4) is 0 Å². The molecule has 1 unspecified atom stereocenters. The number of likely N-dealkylation sites (N-methyl/N-ethyl adjacent to an activating group) is 1. The molecule has 0 aliphatic heterocycles. The summed E-state index contributed by atoms with van der Waals surface area (Å²) in [7, 11) is -3.32. The fourth-order valence-electron chi connectivity index (χ4n) is 1.35. The molecule has 0 saturated heterocycles. The van der Waals surface area contributed by atoms with E-state index in [0.29, 0.717) is 10.4 Å². The molecule has 106 valence electrons. The lowest BCUT2D eigenvalue weighted by atomic mass is 10.2. The fraction of sp³-hybridized carbons (Fsp3) is 0.364. The van der Waals surface area contributed by atoms with Gasteiger partial charge in [-0.15, -0.1) is 0 Å². The minimum atomic E-state index is -4.34. The van der Waals surface area contributed by atoms with Gasteiger partial charge in [-0.2, -0.15) is 4.31 Å². The van der Waals surface area contributed by atoms with Gasteiger partial charge in [-0.25, -0.2) is 17.2 Å². The van der Waals surface area contributed by atoms with E-state index in [1.807, 2.05) is 0 Å². The highest BCUT2D eigenvalue weighted by atomic mass is 32.2. The predicted molar refractivity (Wildman–Crippen MR) is 63.1 cm³/mol. The summed E-state index contributed by atoms with van der Waals surface area (Å²) in [5, 5.41) is 8.77. The third kappa shape index (κ3) is 2.90. The maximum Gasteiger partial charge on any atom is 0.321 e. The SMILES string of the molecule is Cc1cc(S(=O)(=O)N(C)C(C)C(=O)O)c(F)cc1F. The number of aliphatic carboxylic acids is 1. The molecule has 0 spiro atoms. The molecule has 1 rings (SSSR count). The summed E-state index contributed by atoms with van der Waals surface area (Å²) in [6.45, 7) is 2.43. The Labute approximate surface area is 109 Å². The molecule has 0 bridgehead atoms. The summed E-state index contributed by atoms with van der Waals surface area (Å²) in [6, 6.07) is -0.0678. The summed E-state index contributed by atoms with van der Waals surface area (Å²) in [5.74, 6) is -3.50. The lowest BCUT2D eigenvalue weighted by Crippen LogP contribution is -2.40. The number of aryl methyl sites for hydroxylation is 1. The van der Waals surface area contributed by atoms with Gasteiger partial charge in [0.25, 0.3) is 0 Å². The normalized spacial score (nSPS) is 13.6. The molecule has 1 N–H and O–H groups in total. The van der Waals surface area contributed by atoms with Crippen LogP contribution in [0.2, 0.25) is 0 Å². The molecule has 8 heteroatoms. The first-order chi connectivity index (χ1) is 8.59. The number of carbonyl (C=O) groups is 1. The summed E-state index contributed by atoms with van der Waals surface area (Å²) in [6.07, 6.45) is 0. The van der Waals surface area contributed by atoms with Crippen molar-refractivity contribution in [2.75, 3.05) is 7.05 Å². The van der Waals surface area contributed by atoms with Gasteiger partial charge in [-0.1, -0.05) is 0 Å².